The number of nitrogens with one attached hydrogen (secondary N) is 1. The summed E-state index contributed by atoms with van der Waals surface area (Å²) in [6.45, 7) is 4.06. The third-order valence-corrected chi connectivity index (χ3v) is 6.91. The highest BCUT2D eigenvalue weighted by Gasteiger charge is 2.28. The Morgan fingerprint density at radius 3 is 2.71 bits per heavy atom. The fraction of sp³-hybridized carbons (Fsp3) is 0.316. The van der Waals surface area contributed by atoms with Crippen LogP contribution in [0.15, 0.2) is 29.2 Å². The van der Waals surface area contributed by atoms with E-state index >= 15 is 0 Å². The third-order valence-electron chi connectivity index (χ3n) is 4.82. The molecule has 4 rings (SSSR count). The van der Waals surface area contributed by atoms with Crippen molar-refractivity contribution in [2.24, 2.45) is 5.14 Å². The molecule has 0 unspecified atom stereocenters. The molecule has 3 aromatic rings. The van der Waals surface area contributed by atoms with Gasteiger partial charge in [-0.05, 0) is 49.9 Å². The number of hydrogen-bond acceptors (Lipinski definition) is 6. The van der Waals surface area contributed by atoms with Crippen molar-refractivity contribution in [1.29, 1.82) is 0 Å². The fourth-order valence-corrected chi connectivity index (χ4v) is 4.93. The van der Waals surface area contributed by atoms with Crippen molar-refractivity contribution >= 4 is 37.5 Å². The number of aromatic nitrogens is 2. The Kier molecular flexibility index (Phi) is 4.68. The summed E-state index contributed by atoms with van der Waals surface area (Å²) in [7, 11) is -3.78. The van der Waals surface area contributed by atoms with Gasteiger partial charge in [0.2, 0.25) is 10.0 Å². The second-order valence-corrected chi connectivity index (χ2v) is 9.61. The van der Waals surface area contributed by atoms with E-state index < -0.39 is 10.0 Å². The van der Waals surface area contributed by atoms with Gasteiger partial charge in [-0.15, -0.1) is 11.3 Å². The molecule has 1 aliphatic rings. The van der Waals surface area contributed by atoms with E-state index in [-0.39, 0.29) is 17.3 Å². The number of hydrogen-bond donors (Lipinski definition) is 2. The van der Waals surface area contributed by atoms with E-state index in [1.807, 2.05) is 13.8 Å². The first kappa shape index (κ1) is 19.0. The number of rotatable bonds is 5. The molecule has 0 bridgehead atoms. The first-order valence-corrected chi connectivity index (χ1v) is 11.3. The highest BCUT2D eigenvalue weighted by molar-refractivity contribution is 7.89. The summed E-state index contributed by atoms with van der Waals surface area (Å²) >= 11 is 1.37. The molecule has 9 heteroatoms. The van der Waals surface area contributed by atoms with Gasteiger partial charge < -0.3 is 5.32 Å². The molecule has 3 N–H and O–H groups in total. The van der Waals surface area contributed by atoms with Crippen LogP contribution in [0.3, 0.4) is 0 Å². The molecule has 2 aromatic heterocycles. The lowest BCUT2D eigenvalue weighted by molar-refractivity contribution is 0.0954. The zero-order valence-corrected chi connectivity index (χ0v) is 17.2. The van der Waals surface area contributed by atoms with E-state index in [1.54, 1.807) is 12.1 Å². The predicted octanol–water partition coefficient (Wildman–Crippen LogP) is 2.76. The molecule has 2 heterocycles. The van der Waals surface area contributed by atoms with Crippen LogP contribution in [0.1, 0.15) is 51.1 Å². The van der Waals surface area contributed by atoms with Gasteiger partial charge in [0.15, 0.2) is 0 Å². The summed E-state index contributed by atoms with van der Waals surface area (Å²) in [5.41, 5.74) is 2.43. The van der Waals surface area contributed by atoms with Crippen LogP contribution in [-0.4, -0.2) is 24.3 Å². The summed E-state index contributed by atoms with van der Waals surface area (Å²) in [4.78, 5) is 23.5. The molecule has 0 spiro atoms. The first-order chi connectivity index (χ1) is 13.2. The number of aryl methyl sites for hydroxylation is 2. The molecule has 1 saturated carbocycles. The van der Waals surface area contributed by atoms with E-state index in [0.717, 1.165) is 40.1 Å². The maximum atomic E-state index is 12.7. The van der Waals surface area contributed by atoms with Crippen LogP contribution in [0, 0.1) is 13.8 Å². The second-order valence-electron chi connectivity index (χ2n) is 7.05. The maximum absolute atomic E-state index is 12.7. The number of fused-ring (bicyclic) bond motifs is 1. The summed E-state index contributed by atoms with van der Waals surface area (Å²) < 4.78 is 23.0. The number of nitrogens with zero attached hydrogens (tertiary/aromatic N) is 2. The van der Waals surface area contributed by atoms with E-state index in [0.29, 0.717) is 16.4 Å². The van der Waals surface area contributed by atoms with Crippen LogP contribution in [-0.2, 0) is 16.6 Å². The van der Waals surface area contributed by atoms with Gasteiger partial charge in [0, 0.05) is 17.8 Å². The van der Waals surface area contributed by atoms with Gasteiger partial charge in [0.25, 0.3) is 5.91 Å². The lowest BCUT2D eigenvalue weighted by Crippen LogP contribution is -2.22. The number of carbonyl (C=O) groups is 1. The van der Waals surface area contributed by atoms with Gasteiger partial charge in [-0.25, -0.2) is 23.5 Å². The Balaban J connectivity index is 1.58. The van der Waals surface area contributed by atoms with Crippen LogP contribution < -0.4 is 10.5 Å². The molecule has 0 aliphatic heterocycles. The van der Waals surface area contributed by atoms with Crippen molar-refractivity contribution in [3.63, 3.8) is 0 Å². The molecule has 0 radical (unpaired) electrons. The quantitative estimate of drug-likeness (QED) is 0.664. The van der Waals surface area contributed by atoms with Crippen molar-refractivity contribution in [2.75, 3.05) is 0 Å². The standard InChI is InChI=1S/C19H20N4O3S2/c1-10-15-11(2)22-17(13-6-7-13)23-19(15)27-16(10)18(24)21-9-12-4-3-5-14(8-12)28(20,25)26/h3-5,8,13H,6-7,9H2,1-2H3,(H,21,24)(H2,20,25,26). The summed E-state index contributed by atoms with van der Waals surface area (Å²) in [6.07, 6.45) is 2.25. The summed E-state index contributed by atoms with van der Waals surface area (Å²) in [5.74, 6) is 1.11. The Hall–Kier alpha value is -2.36. The fourth-order valence-electron chi connectivity index (χ4n) is 3.20. The lowest BCUT2D eigenvalue weighted by atomic mass is 10.1. The van der Waals surface area contributed by atoms with Crippen LogP contribution in [0.5, 0.6) is 0 Å². The number of nitrogens with two attached hydrogens (primary N) is 1. The van der Waals surface area contributed by atoms with Crippen LogP contribution >= 0.6 is 11.3 Å². The predicted molar refractivity (Wildman–Crippen MR) is 108 cm³/mol. The van der Waals surface area contributed by atoms with Gasteiger partial charge in [0.05, 0.1) is 15.5 Å². The van der Waals surface area contributed by atoms with E-state index in [1.165, 1.54) is 23.5 Å². The molecule has 0 saturated heterocycles. The third kappa shape index (κ3) is 3.65. The van der Waals surface area contributed by atoms with Crippen molar-refractivity contribution in [1.82, 2.24) is 15.3 Å². The Bertz CT molecular complexity index is 1200. The van der Waals surface area contributed by atoms with E-state index in [9.17, 15) is 13.2 Å². The number of amides is 1. The molecular formula is C19H20N4O3S2. The number of sulfonamides is 1. The number of benzene rings is 1. The van der Waals surface area contributed by atoms with Gasteiger partial charge in [0.1, 0.15) is 10.7 Å². The van der Waals surface area contributed by atoms with Crippen LogP contribution in [0.25, 0.3) is 10.2 Å². The van der Waals surface area contributed by atoms with Gasteiger partial charge >= 0.3 is 0 Å². The average molecular weight is 417 g/mol. The largest absolute Gasteiger partial charge is 0.347 e. The minimum Gasteiger partial charge on any atom is -0.347 e. The summed E-state index contributed by atoms with van der Waals surface area (Å²) in [6, 6.07) is 6.23. The van der Waals surface area contributed by atoms with Crippen LogP contribution in [0.4, 0.5) is 0 Å². The van der Waals surface area contributed by atoms with Gasteiger partial charge in [-0.2, -0.15) is 0 Å². The number of primary sulfonamides is 1. The highest BCUT2D eigenvalue weighted by atomic mass is 32.2. The van der Waals surface area contributed by atoms with Crippen molar-refractivity contribution in [3.8, 4) is 0 Å². The van der Waals surface area contributed by atoms with Crippen molar-refractivity contribution in [3.05, 3.63) is 51.8 Å². The Morgan fingerprint density at radius 1 is 1.29 bits per heavy atom. The minimum atomic E-state index is -3.78. The molecular weight excluding hydrogens is 396 g/mol. The Morgan fingerprint density at radius 2 is 2.04 bits per heavy atom. The first-order valence-electron chi connectivity index (χ1n) is 8.91. The molecule has 1 fully saturated rings. The minimum absolute atomic E-state index is 0.0239. The molecule has 1 aliphatic carbocycles. The van der Waals surface area contributed by atoms with E-state index in [4.69, 9.17) is 5.14 Å². The summed E-state index contributed by atoms with van der Waals surface area (Å²) in [5, 5.41) is 8.95. The van der Waals surface area contributed by atoms with Gasteiger partial charge in [-0.1, -0.05) is 12.1 Å². The lowest BCUT2D eigenvalue weighted by Gasteiger charge is -2.06. The molecule has 146 valence electrons. The second kappa shape index (κ2) is 6.91. The number of carbonyl (C=O) groups excluding carboxylic acids is 1. The zero-order chi connectivity index (χ0) is 20.1. The Labute approximate surface area is 167 Å². The van der Waals surface area contributed by atoms with Crippen molar-refractivity contribution < 1.29 is 13.2 Å². The molecule has 28 heavy (non-hydrogen) atoms. The smallest absolute Gasteiger partial charge is 0.261 e. The average Bonchev–Trinajstić information content (AvgIpc) is 3.43. The molecule has 7 nitrogen and oxygen atoms in total. The van der Waals surface area contributed by atoms with Crippen molar-refractivity contribution in [2.45, 2.75) is 44.0 Å². The molecule has 1 amide bonds. The van der Waals surface area contributed by atoms with Crippen LogP contribution in [0.2, 0.25) is 0 Å². The van der Waals surface area contributed by atoms with E-state index in [2.05, 4.69) is 15.3 Å². The SMILES string of the molecule is Cc1nc(C2CC2)nc2sc(C(=O)NCc3cccc(S(N)(=O)=O)c3)c(C)c12. The zero-order valence-electron chi connectivity index (χ0n) is 15.5. The monoisotopic (exact) mass is 416 g/mol. The normalized spacial score (nSPS) is 14.4. The van der Waals surface area contributed by atoms with Gasteiger partial charge in [-0.3, -0.25) is 4.79 Å². The molecule has 0 atom stereocenters. The highest BCUT2D eigenvalue weighted by Crippen LogP contribution is 2.40. The topological polar surface area (TPSA) is 115 Å². The maximum Gasteiger partial charge on any atom is 0.261 e. The number of thiophene rings is 1. The molecule has 1 aromatic carbocycles.